The van der Waals surface area contributed by atoms with Gasteiger partial charge in [0.1, 0.15) is 0 Å². The maximum Gasteiger partial charge on any atom is 0.334 e. The molecule has 0 unspecified atom stereocenters. The van der Waals surface area contributed by atoms with Crippen LogP contribution in [-0.4, -0.2) is 23.7 Å². The molecule has 0 aliphatic heterocycles. The topological polar surface area (TPSA) is 63.6 Å². The van der Waals surface area contributed by atoms with E-state index in [1.807, 2.05) is 6.92 Å². The molecule has 1 N–H and O–H groups in total. The van der Waals surface area contributed by atoms with Crippen molar-refractivity contribution in [3.05, 3.63) is 11.1 Å². The van der Waals surface area contributed by atoms with Crippen molar-refractivity contribution in [3.8, 4) is 0 Å². The summed E-state index contributed by atoms with van der Waals surface area (Å²) in [5, 5.41) is 8.99. The molecule has 0 atom stereocenters. The molecule has 0 heterocycles. The minimum Gasteiger partial charge on any atom is -0.478 e. The molecule has 0 aromatic heterocycles. The third kappa shape index (κ3) is 4.47. The van der Waals surface area contributed by atoms with Crippen LogP contribution in [0.5, 0.6) is 0 Å². The average molecular weight is 228 g/mol. The Labute approximate surface area is 96.3 Å². The standard InChI is InChI=1S/C12H20O4/c1-4-7-8-10(12(15)16-6-3)9(5-2)11(13)14/h4-8H2,1-3H3,(H,13,14)/b10-9-. The van der Waals surface area contributed by atoms with E-state index >= 15 is 0 Å². The van der Waals surface area contributed by atoms with E-state index in [0.717, 1.165) is 12.8 Å². The Morgan fingerprint density at radius 2 is 1.75 bits per heavy atom. The van der Waals surface area contributed by atoms with Gasteiger partial charge in [0, 0.05) is 11.1 Å². The summed E-state index contributed by atoms with van der Waals surface area (Å²) < 4.78 is 4.87. The predicted molar refractivity (Wildman–Crippen MR) is 61.1 cm³/mol. The highest BCUT2D eigenvalue weighted by Crippen LogP contribution is 2.17. The van der Waals surface area contributed by atoms with Gasteiger partial charge < -0.3 is 9.84 Å². The SMILES string of the molecule is CCCC/C(C(=O)OCC)=C(\CC)C(=O)O. The molecule has 0 fully saturated rings. The van der Waals surface area contributed by atoms with E-state index in [9.17, 15) is 9.59 Å². The zero-order chi connectivity index (χ0) is 12.6. The molecular weight excluding hydrogens is 208 g/mol. The molecule has 0 aromatic rings. The molecule has 4 nitrogen and oxygen atoms in total. The molecule has 16 heavy (non-hydrogen) atoms. The lowest BCUT2D eigenvalue weighted by Gasteiger charge is -2.10. The maximum absolute atomic E-state index is 11.6. The van der Waals surface area contributed by atoms with Gasteiger partial charge in [-0.2, -0.15) is 0 Å². The summed E-state index contributed by atoms with van der Waals surface area (Å²) in [5.41, 5.74) is 0.491. The van der Waals surface area contributed by atoms with Gasteiger partial charge in [0.25, 0.3) is 0 Å². The van der Waals surface area contributed by atoms with Crippen LogP contribution in [0, 0.1) is 0 Å². The van der Waals surface area contributed by atoms with Crippen LogP contribution < -0.4 is 0 Å². The predicted octanol–water partition coefficient (Wildman–Crippen LogP) is 2.53. The quantitative estimate of drug-likeness (QED) is 0.537. The monoisotopic (exact) mass is 228 g/mol. The molecule has 0 saturated heterocycles. The second kappa shape index (κ2) is 7.91. The van der Waals surface area contributed by atoms with Crippen molar-refractivity contribution in [1.82, 2.24) is 0 Å². The highest BCUT2D eigenvalue weighted by molar-refractivity contribution is 5.99. The smallest absolute Gasteiger partial charge is 0.334 e. The number of aliphatic carboxylic acids is 1. The first-order valence-corrected chi connectivity index (χ1v) is 5.70. The first-order chi connectivity index (χ1) is 7.58. The van der Waals surface area contributed by atoms with Gasteiger partial charge in [0.2, 0.25) is 0 Å². The number of ether oxygens (including phenoxy) is 1. The lowest BCUT2D eigenvalue weighted by atomic mass is 10.0. The summed E-state index contributed by atoms with van der Waals surface area (Å²) in [6.07, 6.45) is 2.53. The first kappa shape index (κ1) is 14.7. The van der Waals surface area contributed by atoms with Crippen LogP contribution >= 0.6 is 0 Å². The van der Waals surface area contributed by atoms with Gasteiger partial charge in [-0.05, 0) is 26.2 Å². The Bertz CT molecular complexity index is 279. The lowest BCUT2D eigenvalue weighted by Crippen LogP contribution is -2.14. The summed E-state index contributed by atoms with van der Waals surface area (Å²) in [6, 6.07) is 0. The van der Waals surface area contributed by atoms with Crippen molar-refractivity contribution in [2.45, 2.75) is 46.5 Å². The van der Waals surface area contributed by atoms with Crippen LogP contribution in [0.15, 0.2) is 11.1 Å². The fraction of sp³-hybridized carbons (Fsp3) is 0.667. The second-order valence-electron chi connectivity index (χ2n) is 3.44. The normalized spacial score (nSPS) is 11.9. The van der Waals surface area contributed by atoms with Crippen molar-refractivity contribution in [2.24, 2.45) is 0 Å². The van der Waals surface area contributed by atoms with E-state index in [0.29, 0.717) is 18.4 Å². The third-order valence-corrected chi connectivity index (χ3v) is 2.28. The maximum atomic E-state index is 11.6. The Morgan fingerprint density at radius 3 is 2.12 bits per heavy atom. The van der Waals surface area contributed by atoms with Gasteiger partial charge in [-0.25, -0.2) is 9.59 Å². The molecule has 0 amide bonds. The fourth-order valence-corrected chi connectivity index (χ4v) is 1.44. The summed E-state index contributed by atoms with van der Waals surface area (Å²) in [6.45, 7) is 5.70. The molecule has 0 aliphatic rings. The van der Waals surface area contributed by atoms with Crippen molar-refractivity contribution >= 4 is 11.9 Å². The first-order valence-electron chi connectivity index (χ1n) is 5.70. The van der Waals surface area contributed by atoms with Crippen molar-refractivity contribution in [2.75, 3.05) is 6.61 Å². The van der Waals surface area contributed by atoms with E-state index in [4.69, 9.17) is 9.84 Å². The zero-order valence-electron chi connectivity index (χ0n) is 10.2. The number of hydrogen-bond donors (Lipinski definition) is 1. The Hall–Kier alpha value is -1.32. The Balaban J connectivity index is 5.01. The van der Waals surface area contributed by atoms with Crippen LogP contribution in [-0.2, 0) is 14.3 Å². The molecule has 92 valence electrons. The molecule has 0 aromatic carbocycles. The fourth-order valence-electron chi connectivity index (χ4n) is 1.44. The molecule has 0 radical (unpaired) electrons. The molecule has 0 bridgehead atoms. The Kier molecular flexibility index (Phi) is 7.25. The van der Waals surface area contributed by atoms with E-state index in [1.165, 1.54) is 0 Å². The minimum atomic E-state index is -1.03. The van der Waals surface area contributed by atoms with E-state index < -0.39 is 11.9 Å². The van der Waals surface area contributed by atoms with E-state index in [-0.39, 0.29) is 12.2 Å². The number of esters is 1. The van der Waals surface area contributed by atoms with Crippen LogP contribution in [0.4, 0.5) is 0 Å². The van der Waals surface area contributed by atoms with Crippen LogP contribution in [0.25, 0.3) is 0 Å². The van der Waals surface area contributed by atoms with Crippen LogP contribution in [0.1, 0.15) is 46.5 Å². The number of carboxylic acid groups (broad SMARTS) is 1. The van der Waals surface area contributed by atoms with E-state index in [2.05, 4.69) is 0 Å². The lowest BCUT2D eigenvalue weighted by molar-refractivity contribution is -0.140. The molecule has 0 aliphatic carbocycles. The second-order valence-corrected chi connectivity index (χ2v) is 3.44. The summed E-state index contributed by atoms with van der Waals surface area (Å²) >= 11 is 0. The van der Waals surface area contributed by atoms with Crippen molar-refractivity contribution in [1.29, 1.82) is 0 Å². The van der Waals surface area contributed by atoms with Gasteiger partial charge >= 0.3 is 11.9 Å². The number of carboxylic acids is 1. The van der Waals surface area contributed by atoms with Crippen LogP contribution in [0.2, 0.25) is 0 Å². The van der Waals surface area contributed by atoms with Gasteiger partial charge in [-0.15, -0.1) is 0 Å². The van der Waals surface area contributed by atoms with Gasteiger partial charge in [0.15, 0.2) is 0 Å². The number of carbonyl (C=O) groups excluding carboxylic acids is 1. The molecule has 0 rings (SSSR count). The average Bonchev–Trinajstić information content (AvgIpc) is 2.23. The molecule has 0 spiro atoms. The molecule has 0 saturated carbocycles. The molecular formula is C12H20O4. The van der Waals surface area contributed by atoms with E-state index in [1.54, 1.807) is 13.8 Å². The Morgan fingerprint density at radius 1 is 1.12 bits per heavy atom. The zero-order valence-corrected chi connectivity index (χ0v) is 10.2. The summed E-state index contributed by atoms with van der Waals surface area (Å²) in [7, 11) is 0. The highest BCUT2D eigenvalue weighted by atomic mass is 16.5. The van der Waals surface area contributed by atoms with Gasteiger partial charge in [-0.3, -0.25) is 0 Å². The minimum absolute atomic E-state index is 0.173. The number of hydrogen-bond acceptors (Lipinski definition) is 3. The summed E-state index contributed by atoms with van der Waals surface area (Å²) in [5.74, 6) is -1.52. The van der Waals surface area contributed by atoms with Gasteiger partial charge in [0.05, 0.1) is 6.61 Å². The van der Waals surface area contributed by atoms with Gasteiger partial charge in [-0.1, -0.05) is 20.3 Å². The largest absolute Gasteiger partial charge is 0.478 e. The molecule has 4 heteroatoms. The highest BCUT2D eigenvalue weighted by Gasteiger charge is 2.19. The van der Waals surface area contributed by atoms with Crippen LogP contribution in [0.3, 0.4) is 0 Å². The van der Waals surface area contributed by atoms with Crippen molar-refractivity contribution in [3.63, 3.8) is 0 Å². The number of rotatable bonds is 7. The van der Waals surface area contributed by atoms with Crippen molar-refractivity contribution < 1.29 is 19.4 Å². The third-order valence-electron chi connectivity index (χ3n) is 2.28. The number of unbranched alkanes of at least 4 members (excludes halogenated alkanes) is 1. The number of carbonyl (C=O) groups is 2. The summed E-state index contributed by atoms with van der Waals surface area (Å²) in [4.78, 5) is 22.6.